The molecule has 0 atom stereocenters. The van der Waals surface area contributed by atoms with Crippen molar-refractivity contribution in [1.82, 2.24) is 0 Å². The van der Waals surface area contributed by atoms with E-state index in [0.29, 0.717) is 17.2 Å². The first kappa shape index (κ1) is 12.2. The molecular weight excluding hydrogens is 212 g/mol. The van der Waals surface area contributed by atoms with Gasteiger partial charge in [-0.3, -0.25) is 4.79 Å². The van der Waals surface area contributed by atoms with Crippen LogP contribution in [0.15, 0.2) is 18.2 Å². The molecule has 1 N–H and O–H groups in total. The Bertz CT molecular complexity index is 361. The van der Waals surface area contributed by atoms with E-state index in [0.717, 1.165) is 0 Å². The lowest BCUT2D eigenvalue weighted by Crippen LogP contribution is -2.04. The van der Waals surface area contributed by atoms with E-state index in [1.807, 2.05) is 0 Å². The largest absolute Gasteiger partial charge is 0.493 e. The minimum Gasteiger partial charge on any atom is -0.493 e. The summed E-state index contributed by atoms with van der Waals surface area (Å²) in [6, 6.07) is 5.05. The van der Waals surface area contributed by atoms with Crippen LogP contribution in [0.4, 0.5) is 0 Å². The summed E-state index contributed by atoms with van der Waals surface area (Å²) in [4.78, 5) is 10.3. The lowest BCUT2D eigenvalue weighted by molar-refractivity contribution is -0.137. The van der Waals surface area contributed by atoms with Gasteiger partial charge in [0.05, 0.1) is 27.2 Å². The van der Waals surface area contributed by atoms with Gasteiger partial charge in [-0.15, -0.1) is 0 Å². The zero-order valence-electron chi connectivity index (χ0n) is 9.23. The first-order valence-corrected chi connectivity index (χ1v) is 4.74. The maximum absolute atomic E-state index is 10.3. The van der Waals surface area contributed by atoms with Crippen LogP contribution in [0.25, 0.3) is 0 Å². The maximum atomic E-state index is 10.3. The Kier molecular flexibility index (Phi) is 4.44. The van der Waals surface area contributed by atoms with Crippen molar-refractivity contribution in [2.75, 3.05) is 20.8 Å². The van der Waals surface area contributed by atoms with Crippen LogP contribution in [0.3, 0.4) is 0 Å². The normalized spacial score (nSPS) is 9.62. The van der Waals surface area contributed by atoms with Crippen molar-refractivity contribution >= 4 is 5.97 Å². The predicted molar refractivity (Wildman–Crippen MR) is 57.3 cm³/mol. The Labute approximate surface area is 93.6 Å². The van der Waals surface area contributed by atoms with E-state index >= 15 is 0 Å². The minimum atomic E-state index is -0.888. The van der Waals surface area contributed by atoms with Crippen LogP contribution in [0.2, 0.25) is 0 Å². The zero-order valence-corrected chi connectivity index (χ0v) is 9.23. The maximum Gasteiger partial charge on any atom is 0.306 e. The number of hydrogen-bond donors (Lipinski definition) is 1. The molecule has 0 aliphatic rings. The number of benzene rings is 1. The first-order valence-electron chi connectivity index (χ1n) is 4.74. The second kappa shape index (κ2) is 5.85. The summed E-state index contributed by atoms with van der Waals surface area (Å²) in [5.41, 5.74) is 0. The molecule has 1 aromatic carbocycles. The quantitative estimate of drug-likeness (QED) is 0.797. The van der Waals surface area contributed by atoms with Gasteiger partial charge in [0.2, 0.25) is 0 Å². The Morgan fingerprint density at radius 3 is 2.50 bits per heavy atom. The molecule has 16 heavy (non-hydrogen) atoms. The van der Waals surface area contributed by atoms with Gasteiger partial charge in [0, 0.05) is 6.07 Å². The molecule has 0 radical (unpaired) electrons. The van der Waals surface area contributed by atoms with Gasteiger partial charge in [0.15, 0.2) is 11.5 Å². The van der Waals surface area contributed by atoms with Crippen LogP contribution < -0.4 is 14.2 Å². The Morgan fingerprint density at radius 2 is 1.94 bits per heavy atom. The fourth-order valence-electron chi connectivity index (χ4n) is 1.16. The Balaban J connectivity index is 2.64. The molecule has 5 heteroatoms. The molecular formula is C11H14O5. The van der Waals surface area contributed by atoms with Crippen molar-refractivity contribution in [3.63, 3.8) is 0 Å². The Hall–Kier alpha value is -1.91. The van der Waals surface area contributed by atoms with Crippen LogP contribution in [-0.2, 0) is 4.79 Å². The number of carbonyl (C=O) groups is 1. The second-order valence-electron chi connectivity index (χ2n) is 3.01. The summed E-state index contributed by atoms with van der Waals surface area (Å²) < 4.78 is 15.4. The van der Waals surface area contributed by atoms with Crippen LogP contribution in [0.1, 0.15) is 6.42 Å². The van der Waals surface area contributed by atoms with Gasteiger partial charge in [0.1, 0.15) is 5.75 Å². The van der Waals surface area contributed by atoms with E-state index in [-0.39, 0.29) is 13.0 Å². The molecule has 0 fully saturated rings. The fraction of sp³-hybridized carbons (Fsp3) is 0.364. The molecule has 5 nitrogen and oxygen atoms in total. The summed E-state index contributed by atoms with van der Waals surface area (Å²) in [7, 11) is 3.07. The van der Waals surface area contributed by atoms with Gasteiger partial charge in [0.25, 0.3) is 0 Å². The lowest BCUT2D eigenvalue weighted by Gasteiger charge is -2.10. The number of methoxy groups -OCH3 is 2. The summed E-state index contributed by atoms with van der Waals surface area (Å²) in [6.07, 6.45) is -0.0334. The van der Waals surface area contributed by atoms with Crippen LogP contribution in [-0.4, -0.2) is 31.9 Å². The zero-order chi connectivity index (χ0) is 12.0. The molecule has 0 aliphatic heterocycles. The summed E-state index contributed by atoms with van der Waals surface area (Å²) >= 11 is 0. The molecule has 0 aliphatic carbocycles. The number of carboxylic acid groups (broad SMARTS) is 1. The van der Waals surface area contributed by atoms with Crippen molar-refractivity contribution < 1.29 is 24.1 Å². The highest BCUT2D eigenvalue weighted by Gasteiger charge is 2.05. The van der Waals surface area contributed by atoms with Gasteiger partial charge in [-0.05, 0) is 12.1 Å². The van der Waals surface area contributed by atoms with Crippen LogP contribution in [0, 0.1) is 0 Å². The second-order valence-corrected chi connectivity index (χ2v) is 3.01. The molecule has 0 unspecified atom stereocenters. The summed E-state index contributed by atoms with van der Waals surface area (Å²) in [6.45, 7) is 0.130. The van der Waals surface area contributed by atoms with E-state index < -0.39 is 5.97 Å². The highest BCUT2D eigenvalue weighted by Crippen LogP contribution is 2.30. The molecule has 0 amide bonds. The molecule has 1 aromatic rings. The third-order valence-corrected chi connectivity index (χ3v) is 1.94. The molecule has 0 bridgehead atoms. The van der Waals surface area contributed by atoms with Gasteiger partial charge >= 0.3 is 5.97 Å². The molecule has 88 valence electrons. The SMILES string of the molecule is COc1ccc(OCCC(=O)O)cc1OC. The van der Waals surface area contributed by atoms with Crippen LogP contribution in [0.5, 0.6) is 17.2 Å². The smallest absolute Gasteiger partial charge is 0.306 e. The first-order chi connectivity index (χ1) is 7.67. The number of carboxylic acids is 1. The van der Waals surface area contributed by atoms with E-state index in [4.69, 9.17) is 19.3 Å². The van der Waals surface area contributed by atoms with E-state index in [1.54, 1.807) is 25.3 Å². The van der Waals surface area contributed by atoms with Crippen molar-refractivity contribution in [3.05, 3.63) is 18.2 Å². The number of hydrogen-bond acceptors (Lipinski definition) is 4. The summed E-state index contributed by atoms with van der Waals surface area (Å²) in [5.74, 6) is 0.822. The molecule has 1 rings (SSSR count). The monoisotopic (exact) mass is 226 g/mol. The number of aliphatic carboxylic acids is 1. The minimum absolute atomic E-state index is 0.0334. The van der Waals surface area contributed by atoms with Crippen LogP contribution >= 0.6 is 0 Å². The van der Waals surface area contributed by atoms with Crippen molar-refractivity contribution in [2.45, 2.75) is 6.42 Å². The molecule has 0 saturated heterocycles. The number of rotatable bonds is 6. The summed E-state index contributed by atoms with van der Waals surface area (Å²) in [5, 5.41) is 8.45. The molecule has 0 spiro atoms. The standard InChI is InChI=1S/C11H14O5/c1-14-9-4-3-8(7-10(9)15-2)16-6-5-11(12)13/h3-4,7H,5-6H2,1-2H3,(H,12,13). The van der Waals surface area contributed by atoms with E-state index in [1.165, 1.54) is 7.11 Å². The average Bonchev–Trinajstić information content (AvgIpc) is 2.28. The Morgan fingerprint density at radius 1 is 1.25 bits per heavy atom. The average molecular weight is 226 g/mol. The van der Waals surface area contributed by atoms with Crippen molar-refractivity contribution in [1.29, 1.82) is 0 Å². The third kappa shape index (κ3) is 3.34. The molecule has 0 aromatic heterocycles. The molecule has 0 saturated carbocycles. The van der Waals surface area contributed by atoms with Gasteiger partial charge in [-0.1, -0.05) is 0 Å². The van der Waals surface area contributed by atoms with E-state index in [9.17, 15) is 4.79 Å². The molecule has 0 heterocycles. The van der Waals surface area contributed by atoms with Crippen molar-refractivity contribution in [3.8, 4) is 17.2 Å². The topological polar surface area (TPSA) is 65.0 Å². The lowest BCUT2D eigenvalue weighted by atomic mass is 10.3. The van der Waals surface area contributed by atoms with E-state index in [2.05, 4.69) is 0 Å². The van der Waals surface area contributed by atoms with Gasteiger partial charge in [-0.25, -0.2) is 0 Å². The number of ether oxygens (including phenoxy) is 3. The van der Waals surface area contributed by atoms with Crippen molar-refractivity contribution in [2.24, 2.45) is 0 Å². The highest BCUT2D eigenvalue weighted by molar-refractivity contribution is 5.66. The fourth-order valence-corrected chi connectivity index (χ4v) is 1.16. The highest BCUT2D eigenvalue weighted by atomic mass is 16.5. The van der Waals surface area contributed by atoms with Gasteiger partial charge in [-0.2, -0.15) is 0 Å². The predicted octanol–water partition coefficient (Wildman–Crippen LogP) is 1.56. The van der Waals surface area contributed by atoms with Gasteiger partial charge < -0.3 is 19.3 Å². The third-order valence-electron chi connectivity index (χ3n) is 1.94.